The summed E-state index contributed by atoms with van der Waals surface area (Å²) in [7, 11) is -2.01. The maximum absolute atomic E-state index is 12.7. The van der Waals surface area contributed by atoms with Crippen molar-refractivity contribution in [1.29, 1.82) is 0 Å². The molecule has 34 heavy (non-hydrogen) atoms. The summed E-state index contributed by atoms with van der Waals surface area (Å²) in [5.41, 5.74) is 3.31. The van der Waals surface area contributed by atoms with Crippen LogP contribution in [-0.4, -0.2) is 32.6 Å². The van der Waals surface area contributed by atoms with E-state index in [-0.39, 0.29) is 5.91 Å². The Kier molecular flexibility index (Phi) is 7.10. The molecule has 0 aliphatic heterocycles. The second-order valence-electron chi connectivity index (χ2n) is 7.67. The minimum Gasteiger partial charge on any atom is -0.383 e. The quantitative estimate of drug-likeness (QED) is 0.358. The van der Waals surface area contributed by atoms with E-state index >= 15 is 0 Å². The number of amides is 1. The van der Waals surface area contributed by atoms with Gasteiger partial charge in [-0.1, -0.05) is 30.3 Å². The molecule has 0 aliphatic rings. The van der Waals surface area contributed by atoms with Gasteiger partial charge in [-0.25, -0.2) is 8.42 Å². The van der Waals surface area contributed by atoms with Crippen LogP contribution in [0.5, 0.6) is 0 Å². The number of carbonyl (C=O) groups excluding carboxylic acids is 1. The summed E-state index contributed by atoms with van der Waals surface area (Å²) in [6.45, 7) is 1.38. The Morgan fingerprint density at radius 3 is 2.44 bits per heavy atom. The van der Waals surface area contributed by atoms with E-state index in [1.807, 2.05) is 60.8 Å². The lowest BCUT2D eigenvalue weighted by atomic mass is 10.2. The smallest absolute Gasteiger partial charge is 0.255 e. The van der Waals surface area contributed by atoms with Crippen LogP contribution in [0.3, 0.4) is 0 Å². The van der Waals surface area contributed by atoms with Crippen LogP contribution >= 0.6 is 0 Å². The first-order valence-corrected chi connectivity index (χ1v) is 12.2. The molecule has 8 heteroatoms. The van der Waals surface area contributed by atoms with Crippen LogP contribution in [-0.2, 0) is 21.3 Å². The molecular weight excluding hydrogens is 450 g/mol. The van der Waals surface area contributed by atoms with Gasteiger partial charge in [0.2, 0.25) is 0 Å². The number of sulfonamides is 1. The van der Waals surface area contributed by atoms with E-state index in [4.69, 9.17) is 4.74 Å². The van der Waals surface area contributed by atoms with Crippen molar-refractivity contribution in [1.82, 2.24) is 4.57 Å². The number of rotatable bonds is 9. The van der Waals surface area contributed by atoms with Gasteiger partial charge >= 0.3 is 0 Å². The average molecular weight is 476 g/mol. The number of hydrogen-bond acceptors (Lipinski definition) is 4. The zero-order chi connectivity index (χ0) is 24.0. The molecule has 2 N–H and O–H groups in total. The molecule has 4 rings (SSSR count). The fourth-order valence-corrected chi connectivity index (χ4v) is 4.35. The van der Waals surface area contributed by atoms with E-state index in [1.165, 1.54) is 6.08 Å². The van der Waals surface area contributed by atoms with Gasteiger partial charge in [-0.15, -0.1) is 0 Å². The van der Waals surface area contributed by atoms with E-state index < -0.39 is 10.0 Å². The Balaban J connectivity index is 1.39. The molecule has 1 aromatic heterocycles. The molecule has 0 unspecified atom stereocenters. The second kappa shape index (κ2) is 10.4. The maximum Gasteiger partial charge on any atom is 0.255 e. The lowest BCUT2D eigenvalue weighted by Crippen LogP contribution is -2.12. The van der Waals surface area contributed by atoms with E-state index in [9.17, 15) is 13.2 Å². The van der Waals surface area contributed by atoms with Crippen molar-refractivity contribution in [3.63, 3.8) is 0 Å². The topological polar surface area (TPSA) is 89.4 Å². The molecule has 0 radical (unpaired) electrons. The Hall–Kier alpha value is -3.88. The maximum atomic E-state index is 12.7. The molecule has 0 spiro atoms. The third kappa shape index (κ3) is 5.92. The summed E-state index contributed by atoms with van der Waals surface area (Å²) < 4.78 is 34.3. The number of anilines is 2. The van der Waals surface area contributed by atoms with Crippen LogP contribution in [0.4, 0.5) is 11.4 Å². The normalized spacial score (nSPS) is 11.7. The molecule has 0 bridgehead atoms. The highest BCUT2D eigenvalue weighted by Crippen LogP contribution is 2.21. The van der Waals surface area contributed by atoms with Crippen molar-refractivity contribution in [2.45, 2.75) is 6.54 Å². The summed E-state index contributed by atoms with van der Waals surface area (Å²) in [5.74, 6) is -0.281. The number of methoxy groups -OCH3 is 1. The molecule has 0 aliphatic carbocycles. The first-order chi connectivity index (χ1) is 16.4. The highest BCUT2D eigenvalue weighted by atomic mass is 32.2. The molecule has 0 saturated heterocycles. The largest absolute Gasteiger partial charge is 0.383 e. The van der Waals surface area contributed by atoms with Gasteiger partial charge in [-0.3, -0.25) is 9.52 Å². The zero-order valence-corrected chi connectivity index (χ0v) is 19.5. The van der Waals surface area contributed by atoms with Crippen molar-refractivity contribution in [3.8, 4) is 0 Å². The van der Waals surface area contributed by atoms with Gasteiger partial charge in [0.25, 0.3) is 15.9 Å². The molecule has 0 saturated carbocycles. The summed E-state index contributed by atoms with van der Waals surface area (Å²) in [6.07, 6.45) is 3.51. The van der Waals surface area contributed by atoms with Crippen LogP contribution in [0.15, 0.2) is 90.5 Å². The van der Waals surface area contributed by atoms with Gasteiger partial charge < -0.3 is 14.6 Å². The van der Waals surface area contributed by atoms with Crippen molar-refractivity contribution >= 4 is 44.3 Å². The molecule has 174 valence electrons. The standard InChI is InChI=1S/C26H25N3O4S/c1-33-17-16-29-15-13-22-19-24(11-12-25(22)29)27-26(30)21-7-9-23(10-8-21)28-34(31,32)18-14-20-5-3-2-4-6-20/h2-15,18-19,28H,16-17H2,1H3,(H,27,30)/b18-14+. The van der Waals surface area contributed by atoms with Gasteiger partial charge in [-0.2, -0.15) is 0 Å². The zero-order valence-electron chi connectivity index (χ0n) is 18.6. The SMILES string of the molecule is COCCn1ccc2cc(NC(=O)c3ccc(NS(=O)(=O)/C=C/c4ccccc4)cc3)ccc21. The number of aromatic nitrogens is 1. The van der Waals surface area contributed by atoms with Crippen molar-refractivity contribution < 1.29 is 17.9 Å². The Morgan fingerprint density at radius 2 is 1.71 bits per heavy atom. The number of benzene rings is 3. The highest BCUT2D eigenvalue weighted by molar-refractivity contribution is 7.95. The van der Waals surface area contributed by atoms with E-state index in [0.29, 0.717) is 23.5 Å². The average Bonchev–Trinajstić information content (AvgIpc) is 3.24. The molecule has 1 heterocycles. The lowest BCUT2D eigenvalue weighted by molar-refractivity contribution is 0.102. The predicted molar refractivity (Wildman–Crippen MR) is 136 cm³/mol. The second-order valence-corrected chi connectivity index (χ2v) is 9.23. The first kappa shape index (κ1) is 23.3. The first-order valence-electron chi connectivity index (χ1n) is 10.7. The van der Waals surface area contributed by atoms with Crippen LogP contribution in [0.2, 0.25) is 0 Å². The van der Waals surface area contributed by atoms with E-state index in [0.717, 1.165) is 28.4 Å². The Labute approximate surface area is 198 Å². The lowest BCUT2D eigenvalue weighted by Gasteiger charge is -2.09. The Morgan fingerprint density at radius 1 is 0.971 bits per heavy atom. The van der Waals surface area contributed by atoms with Crippen molar-refractivity contribution in [2.24, 2.45) is 0 Å². The molecule has 0 fully saturated rings. The molecular formula is C26H25N3O4S. The van der Waals surface area contributed by atoms with Crippen molar-refractivity contribution in [3.05, 3.63) is 102 Å². The monoisotopic (exact) mass is 475 g/mol. The number of ether oxygens (including phenoxy) is 1. The van der Waals surface area contributed by atoms with Gasteiger partial charge in [-0.05, 0) is 60.2 Å². The fraction of sp³-hybridized carbons (Fsp3) is 0.115. The predicted octanol–water partition coefficient (Wildman–Crippen LogP) is 4.95. The molecule has 7 nitrogen and oxygen atoms in total. The van der Waals surface area contributed by atoms with Gasteiger partial charge in [0.1, 0.15) is 0 Å². The van der Waals surface area contributed by atoms with E-state index in [1.54, 1.807) is 31.4 Å². The van der Waals surface area contributed by atoms with Gasteiger partial charge in [0, 0.05) is 47.7 Å². The number of carbonyl (C=O) groups is 1. The van der Waals surface area contributed by atoms with Crippen LogP contribution in [0, 0.1) is 0 Å². The minimum absolute atomic E-state index is 0.281. The summed E-state index contributed by atoms with van der Waals surface area (Å²) in [4.78, 5) is 12.7. The van der Waals surface area contributed by atoms with Gasteiger partial charge in [0.15, 0.2) is 0 Å². The number of nitrogens with zero attached hydrogens (tertiary/aromatic N) is 1. The van der Waals surface area contributed by atoms with Crippen molar-refractivity contribution in [2.75, 3.05) is 23.8 Å². The van der Waals surface area contributed by atoms with Crippen LogP contribution in [0.25, 0.3) is 17.0 Å². The van der Waals surface area contributed by atoms with Crippen LogP contribution < -0.4 is 10.0 Å². The van der Waals surface area contributed by atoms with E-state index in [2.05, 4.69) is 14.6 Å². The highest BCUT2D eigenvalue weighted by Gasteiger charge is 2.10. The number of nitrogens with one attached hydrogen (secondary N) is 2. The molecule has 0 atom stereocenters. The van der Waals surface area contributed by atoms with Crippen LogP contribution in [0.1, 0.15) is 15.9 Å². The summed E-state index contributed by atoms with van der Waals surface area (Å²) in [5, 5.41) is 5.01. The number of hydrogen-bond donors (Lipinski definition) is 2. The third-order valence-corrected chi connectivity index (χ3v) is 6.23. The third-order valence-electron chi connectivity index (χ3n) is 5.21. The summed E-state index contributed by atoms with van der Waals surface area (Å²) >= 11 is 0. The number of fused-ring (bicyclic) bond motifs is 1. The Bertz CT molecular complexity index is 1410. The van der Waals surface area contributed by atoms with Gasteiger partial charge in [0.05, 0.1) is 12.0 Å². The minimum atomic E-state index is -3.68. The fourth-order valence-electron chi connectivity index (χ4n) is 3.49. The summed E-state index contributed by atoms with van der Waals surface area (Å²) in [6, 6.07) is 23.1. The molecule has 3 aromatic carbocycles. The molecule has 4 aromatic rings. The molecule has 1 amide bonds.